The van der Waals surface area contributed by atoms with Gasteiger partial charge in [0.2, 0.25) is 5.91 Å². The summed E-state index contributed by atoms with van der Waals surface area (Å²) in [5, 5.41) is 6.15. The third kappa shape index (κ3) is 4.24. The van der Waals surface area contributed by atoms with Crippen molar-refractivity contribution in [2.45, 2.75) is 18.9 Å². The molecule has 1 atom stereocenters. The van der Waals surface area contributed by atoms with Crippen molar-refractivity contribution in [1.82, 2.24) is 10.6 Å². The largest absolute Gasteiger partial charge is 0.484 e. The Bertz CT molecular complexity index is 467. The Morgan fingerprint density at radius 2 is 2.10 bits per heavy atom. The summed E-state index contributed by atoms with van der Waals surface area (Å²) in [7, 11) is 0. The topological polar surface area (TPSA) is 93.5 Å². The fraction of sp³-hybridized carbons (Fsp3) is 0.429. The number of hydrogen-bond acceptors (Lipinski definition) is 4. The number of hydrogen-bond donors (Lipinski definition) is 3. The van der Waals surface area contributed by atoms with Gasteiger partial charge in [0.25, 0.3) is 5.91 Å². The van der Waals surface area contributed by atoms with E-state index in [9.17, 15) is 9.59 Å². The Hall–Kier alpha value is -2.08. The van der Waals surface area contributed by atoms with E-state index in [2.05, 4.69) is 10.6 Å². The number of piperidine rings is 1. The highest BCUT2D eigenvalue weighted by Gasteiger charge is 2.15. The van der Waals surface area contributed by atoms with E-state index in [1.165, 1.54) is 0 Å². The smallest absolute Gasteiger partial charge is 0.258 e. The Balaban J connectivity index is 1.76. The highest BCUT2D eigenvalue weighted by Crippen LogP contribution is 2.11. The normalized spacial score (nSPS) is 18.3. The van der Waals surface area contributed by atoms with E-state index in [4.69, 9.17) is 10.5 Å². The number of ether oxygens (including phenoxy) is 1. The quantitative estimate of drug-likeness (QED) is 0.708. The second-order valence-corrected chi connectivity index (χ2v) is 4.79. The van der Waals surface area contributed by atoms with Gasteiger partial charge in [-0.2, -0.15) is 0 Å². The predicted molar refractivity (Wildman–Crippen MR) is 74.5 cm³/mol. The molecule has 1 unspecified atom stereocenters. The molecule has 0 saturated carbocycles. The summed E-state index contributed by atoms with van der Waals surface area (Å²) in [5.74, 6) is -0.0938. The molecule has 1 heterocycles. The van der Waals surface area contributed by atoms with Crippen molar-refractivity contribution in [2.24, 2.45) is 5.73 Å². The van der Waals surface area contributed by atoms with E-state index in [1.807, 2.05) is 0 Å². The maximum absolute atomic E-state index is 11.7. The first kappa shape index (κ1) is 14.3. The molecule has 1 saturated heterocycles. The number of nitrogens with two attached hydrogens (primary N) is 1. The van der Waals surface area contributed by atoms with Gasteiger partial charge in [-0.05, 0) is 43.7 Å². The van der Waals surface area contributed by atoms with Crippen molar-refractivity contribution in [1.29, 1.82) is 0 Å². The monoisotopic (exact) mass is 277 g/mol. The number of carbonyl (C=O) groups excluding carboxylic acids is 2. The van der Waals surface area contributed by atoms with Crippen molar-refractivity contribution >= 4 is 11.8 Å². The molecule has 6 heteroatoms. The Morgan fingerprint density at radius 3 is 2.70 bits per heavy atom. The molecule has 1 aromatic rings. The number of rotatable bonds is 5. The lowest BCUT2D eigenvalue weighted by molar-refractivity contribution is -0.123. The number of amides is 2. The van der Waals surface area contributed by atoms with Gasteiger partial charge in [-0.25, -0.2) is 0 Å². The second-order valence-electron chi connectivity index (χ2n) is 4.79. The van der Waals surface area contributed by atoms with Crippen LogP contribution in [0.1, 0.15) is 23.2 Å². The van der Waals surface area contributed by atoms with Crippen molar-refractivity contribution < 1.29 is 14.3 Å². The minimum Gasteiger partial charge on any atom is -0.484 e. The average molecular weight is 277 g/mol. The number of primary amides is 1. The molecule has 0 aliphatic carbocycles. The van der Waals surface area contributed by atoms with Gasteiger partial charge in [0.1, 0.15) is 5.75 Å². The second kappa shape index (κ2) is 6.91. The highest BCUT2D eigenvalue weighted by molar-refractivity contribution is 5.92. The van der Waals surface area contributed by atoms with Crippen molar-refractivity contribution in [3.8, 4) is 5.75 Å². The first-order valence-electron chi connectivity index (χ1n) is 6.68. The number of carbonyl (C=O) groups is 2. The zero-order valence-corrected chi connectivity index (χ0v) is 11.2. The van der Waals surface area contributed by atoms with Crippen LogP contribution in [0.4, 0.5) is 0 Å². The average Bonchev–Trinajstić information content (AvgIpc) is 2.46. The first-order valence-corrected chi connectivity index (χ1v) is 6.68. The van der Waals surface area contributed by atoms with E-state index in [0.29, 0.717) is 11.3 Å². The summed E-state index contributed by atoms with van der Waals surface area (Å²) in [5.41, 5.74) is 5.55. The van der Waals surface area contributed by atoms with Crippen LogP contribution in [0.5, 0.6) is 5.75 Å². The van der Waals surface area contributed by atoms with Crippen LogP contribution in [0.25, 0.3) is 0 Å². The molecule has 1 aliphatic rings. The van der Waals surface area contributed by atoms with Gasteiger partial charge in [-0.1, -0.05) is 0 Å². The van der Waals surface area contributed by atoms with Crippen molar-refractivity contribution in [3.63, 3.8) is 0 Å². The summed E-state index contributed by atoms with van der Waals surface area (Å²) in [6.07, 6.45) is 2.06. The van der Waals surface area contributed by atoms with Crippen LogP contribution in [-0.4, -0.2) is 37.6 Å². The minimum atomic E-state index is -0.487. The molecule has 2 amide bonds. The molecule has 4 N–H and O–H groups in total. The van der Waals surface area contributed by atoms with E-state index < -0.39 is 5.91 Å². The molecule has 108 valence electrons. The summed E-state index contributed by atoms with van der Waals surface area (Å²) in [6, 6.07) is 6.56. The van der Waals surface area contributed by atoms with Crippen LogP contribution in [-0.2, 0) is 4.79 Å². The van der Waals surface area contributed by atoms with Crippen LogP contribution in [0.2, 0.25) is 0 Å². The lowest BCUT2D eigenvalue weighted by Gasteiger charge is -2.23. The Kier molecular flexibility index (Phi) is 4.95. The molecule has 20 heavy (non-hydrogen) atoms. The van der Waals surface area contributed by atoms with Gasteiger partial charge < -0.3 is 21.1 Å². The van der Waals surface area contributed by atoms with E-state index in [1.54, 1.807) is 24.3 Å². The van der Waals surface area contributed by atoms with Crippen molar-refractivity contribution in [3.05, 3.63) is 29.8 Å². The van der Waals surface area contributed by atoms with Crippen LogP contribution < -0.4 is 21.1 Å². The Morgan fingerprint density at radius 1 is 1.35 bits per heavy atom. The van der Waals surface area contributed by atoms with E-state index in [0.717, 1.165) is 25.9 Å². The Labute approximate surface area is 117 Å². The standard InChI is InChI=1S/C14H19N3O3/c15-14(19)10-3-5-12(6-4-10)20-9-13(18)17-11-2-1-7-16-8-11/h3-6,11,16H,1-2,7-9H2,(H2,15,19)(H,17,18). The fourth-order valence-corrected chi connectivity index (χ4v) is 2.11. The summed E-state index contributed by atoms with van der Waals surface area (Å²) < 4.78 is 5.36. The maximum Gasteiger partial charge on any atom is 0.258 e. The minimum absolute atomic E-state index is 0.0353. The number of benzene rings is 1. The van der Waals surface area contributed by atoms with Crippen molar-refractivity contribution in [2.75, 3.05) is 19.7 Å². The van der Waals surface area contributed by atoms with Gasteiger partial charge in [0.15, 0.2) is 6.61 Å². The SMILES string of the molecule is NC(=O)c1ccc(OCC(=O)NC2CCCNC2)cc1. The molecule has 1 aromatic carbocycles. The van der Waals surface area contributed by atoms with Gasteiger partial charge in [-0.15, -0.1) is 0 Å². The summed E-state index contributed by atoms with van der Waals surface area (Å²) in [4.78, 5) is 22.6. The molecule has 1 aliphatic heterocycles. The number of nitrogens with one attached hydrogen (secondary N) is 2. The molecule has 6 nitrogen and oxygen atoms in total. The van der Waals surface area contributed by atoms with Crippen LogP contribution >= 0.6 is 0 Å². The molecule has 1 fully saturated rings. The molecule has 0 aromatic heterocycles. The molecule has 0 spiro atoms. The highest BCUT2D eigenvalue weighted by atomic mass is 16.5. The third-order valence-electron chi connectivity index (χ3n) is 3.17. The fourth-order valence-electron chi connectivity index (χ4n) is 2.11. The molecular formula is C14H19N3O3. The van der Waals surface area contributed by atoms with Gasteiger partial charge in [0.05, 0.1) is 0 Å². The zero-order valence-electron chi connectivity index (χ0n) is 11.2. The van der Waals surface area contributed by atoms with E-state index >= 15 is 0 Å². The summed E-state index contributed by atoms with van der Waals surface area (Å²) in [6.45, 7) is 1.78. The molecular weight excluding hydrogens is 258 g/mol. The zero-order chi connectivity index (χ0) is 14.4. The van der Waals surface area contributed by atoms with Gasteiger partial charge in [-0.3, -0.25) is 9.59 Å². The molecule has 0 bridgehead atoms. The third-order valence-corrected chi connectivity index (χ3v) is 3.17. The predicted octanol–water partition coefficient (Wildman–Crippen LogP) is 0.0325. The lowest BCUT2D eigenvalue weighted by Crippen LogP contribution is -2.46. The van der Waals surface area contributed by atoms with Crippen LogP contribution in [0.3, 0.4) is 0 Å². The van der Waals surface area contributed by atoms with Gasteiger partial charge >= 0.3 is 0 Å². The van der Waals surface area contributed by atoms with Crippen LogP contribution in [0.15, 0.2) is 24.3 Å². The lowest BCUT2D eigenvalue weighted by atomic mass is 10.1. The van der Waals surface area contributed by atoms with Crippen LogP contribution in [0, 0.1) is 0 Å². The molecule has 2 rings (SSSR count). The maximum atomic E-state index is 11.7. The first-order chi connectivity index (χ1) is 9.65. The van der Waals surface area contributed by atoms with E-state index in [-0.39, 0.29) is 18.6 Å². The molecule has 0 radical (unpaired) electrons. The van der Waals surface area contributed by atoms with Gasteiger partial charge in [0, 0.05) is 18.2 Å². The summed E-state index contributed by atoms with van der Waals surface area (Å²) >= 11 is 0.